The number of carbonyl (C=O) groups is 1. The van der Waals surface area contributed by atoms with Gasteiger partial charge in [-0.15, -0.1) is 0 Å². The van der Waals surface area contributed by atoms with Gasteiger partial charge in [-0.1, -0.05) is 30.3 Å². The molecule has 1 amide bonds. The van der Waals surface area contributed by atoms with Crippen molar-refractivity contribution in [2.24, 2.45) is 0 Å². The van der Waals surface area contributed by atoms with E-state index in [0.717, 1.165) is 5.56 Å². The first-order valence-electron chi connectivity index (χ1n) is 6.17. The summed E-state index contributed by atoms with van der Waals surface area (Å²) in [5, 5.41) is 12.4. The van der Waals surface area contributed by atoms with E-state index in [-0.39, 0.29) is 12.5 Å². The molecule has 100 valence electrons. The Balaban J connectivity index is 2.63. The van der Waals surface area contributed by atoms with Gasteiger partial charge in [-0.2, -0.15) is 0 Å². The number of aliphatic hydroxyl groups excluding tert-OH is 1. The van der Waals surface area contributed by atoms with E-state index in [0.29, 0.717) is 19.6 Å². The zero-order chi connectivity index (χ0) is 13.4. The number of hydrogen-bond donors (Lipinski definition) is 2. The zero-order valence-electron chi connectivity index (χ0n) is 11.0. The van der Waals surface area contributed by atoms with Gasteiger partial charge in [0.05, 0.1) is 18.8 Å². The molecule has 0 aliphatic rings. The standard InChI is InChI=1S/C14H21NO3/c1-3-18-10-9-13(17)15-14(2,11-16)12-7-5-4-6-8-12/h4-8,16H,3,9-11H2,1-2H3,(H,15,17). The van der Waals surface area contributed by atoms with Crippen LogP contribution in [0.4, 0.5) is 0 Å². The van der Waals surface area contributed by atoms with Crippen molar-refractivity contribution in [3.05, 3.63) is 35.9 Å². The molecule has 0 radical (unpaired) electrons. The Kier molecular flexibility index (Phi) is 5.82. The van der Waals surface area contributed by atoms with Gasteiger partial charge in [0.2, 0.25) is 5.91 Å². The number of rotatable bonds is 7. The fraction of sp³-hybridized carbons (Fsp3) is 0.500. The average Bonchev–Trinajstić information content (AvgIpc) is 2.40. The molecule has 0 spiro atoms. The predicted molar refractivity (Wildman–Crippen MR) is 70.1 cm³/mol. The molecule has 1 unspecified atom stereocenters. The van der Waals surface area contributed by atoms with Crippen LogP contribution in [0.3, 0.4) is 0 Å². The minimum atomic E-state index is -0.745. The van der Waals surface area contributed by atoms with Crippen molar-refractivity contribution in [1.82, 2.24) is 5.32 Å². The number of nitrogens with one attached hydrogen (secondary N) is 1. The van der Waals surface area contributed by atoms with Crippen LogP contribution in [0, 0.1) is 0 Å². The lowest BCUT2D eigenvalue weighted by atomic mass is 9.93. The second-order valence-corrected chi connectivity index (χ2v) is 4.35. The maximum atomic E-state index is 11.8. The van der Waals surface area contributed by atoms with Gasteiger partial charge in [-0.3, -0.25) is 4.79 Å². The lowest BCUT2D eigenvalue weighted by Crippen LogP contribution is -2.46. The van der Waals surface area contributed by atoms with Gasteiger partial charge in [0.25, 0.3) is 0 Å². The largest absolute Gasteiger partial charge is 0.394 e. The summed E-state index contributed by atoms with van der Waals surface area (Å²) in [6, 6.07) is 9.45. The highest BCUT2D eigenvalue weighted by Crippen LogP contribution is 2.19. The Hall–Kier alpha value is -1.39. The number of aliphatic hydroxyl groups is 1. The molecule has 2 N–H and O–H groups in total. The summed E-state index contributed by atoms with van der Waals surface area (Å²) in [5.74, 6) is -0.121. The predicted octanol–water partition coefficient (Wildman–Crippen LogP) is 1.44. The van der Waals surface area contributed by atoms with Crippen molar-refractivity contribution in [1.29, 1.82) is 0 Å². The molecular formula is C14H21NO3. The van der Waals surface area contributed by atoms with Crippen molar-refractivity contribution in [2.45, 2.75) is 25.8 Å². The molecule has 0 heterocycles. The summed E-state index contributed by atoms with van der Waals surface area (Å²) in [7, 11) is 0. The van der Waals surface area contributed by atoms with Crippen LogP contribution in [0.2, 0.25) is 0 Å². The first kappa shape index (κ1) is 14.7. The third-order valence-electron chi connectivity index (χ3n) is 2.82. The molecule has 4 heteroatoms. The summed E-state index contributed by atoms with van der Waals surface area (Å²) in [5.41, 5.74) is 0.141. The number of amides is 1. The summed E-state index contributed by atoms with van der Waals surface area (Å²) in [6.45, 7) is 4.56. The number of benzene rings is 1. The lowest BCUT2D eigenvalue weighted by Gasteiger charge is -2.29. The summed E-state index contributed by atoms with van der Waals surface area (Å²) in [4.78, 5) is 11.8. The third-order valence-corrected chi connectivity index (χ3v) is 2.82. The summed E-state index contributed by atoms with van der Waals surface area (Å²) < 4.78 is 5.13. The third kappa shape index (κ3) is 4.13. The molecule has 4 nitrogen and oxygen atoms in total. The fourth-order valence-electron chi connectivity index (χ4n) is 1.69. The van der Waals surface area contributed by atoms with E-state index in [1.807, 2.05) is 37.3 Å². The maximum Gasteiger partial charge on any atom is 0.223 e. The molecule has 1 aromatic rings. The molecule has 1 aromatic carbocycles. The quantitative estimate of drug-likeness (QED) is 0.721. The Morgan fingerprint density at radius 3 is 2.61 bits per heavy atom. The van der Waals surface area contributed by atoms with Crippen molar-refractivity contribution >= 4 is 5.91 Å². The van der Waals surface area contributed by atoms with Gasteiger partial charge >= 0.3 is 0 Å². The van der Waals surface area contributed by atoms with Gasteiger partial charge in [0, 0.05) is 13.0 Å². The topological polar surface area (TPSA) is 58.6 Å². The Morgan fingerprint density at radius 2 is 2.06 bits per heavy atom. The van der Waals surface area contributed by atoms with E-state index in [2.05, 4.69) is 5.32 Å². The molecule has 0 fully saturated rings. The number of hydrogen-bond acceptors (Lipinski definition) is 3. The summed E-state index contributed by atoms with van der Waals surface area (Å²) >= 11 is 0. The van der Waals surface area contributed by atoms with Crippen LogP contribution in [0.1, 0.15) is 25.8 Å². The van der Waals surface area contributed by atoms with Gasteiger partial charge < -0.3 is 15.2 Å². The molecule has 1 rings (SSSR count). The SMILES string of the molecule is CCOCCC(=O)NC(C)(CO)c1ccccc1. The van der Waals surface area contributed by atoms with Crippen molar-refractivity contribution < 1.29 is 14.6 Å². The minimum absolute atomic E-state index is 0.121. The smallest absolute Gasteiger partial charge is 0.223 e. The molecule has 18 heavy (non-hydrogen) atoms. The fourth-order valence-corrected chi connectivity index (χ4v) is 1.69. The molecule has 0 saturated carbocycles. The average molecular weight is 251 g/mol. The monoisotopic (exact) mass is 251 g/mol. The second kappa shape index (κ2) is 7.13. The van der Waals surface area contributed by atoms with Crippen LogP contribution in [0.15, 0.2) is 30.3 Å². The molecule has 0 aromatic heterocycles. The van der Waals surface area contributed by atoms with Gasteiger partial charge in [0.15, 0.2) is 0 Å². The first-order chi connectivity index (χ1) is 8.62. The van der Waals surface area contributed by atoms with Crippen LogP contribution in [0.25, 0.3) is 0 Å². The van der Waals surface area contributed by atoms with Gasteiger partial charge in [0.1, 0.15) is 0 Å². The number of ether oxygens (including phenoxy) is 1. The van der Waals surface area contributed by atoms with Crippen molar-refractivity contribution in [3.63, 3.8) is 0 Å². The Bertz CT molecular complexity index is 367. The van der Waals surface area contributed by atoms with E-state index >= 15 is 0 Å². The minimum Gasteiger partial charge on any atom is -0.394 e. The molecule has 1 atom stereocenters. The van der Waals surface area contributed by atoms with E-state index in [9.17, 15) is 9.90 Å². The highest BCUT2D eigenvalue weighted by Gasteiger charge is 2.27. The summed E-state index contributed by atoms with van der Waals surface area (Å²) in [6.07, 6.45) is 0.302. The van der Waals surface area contributed by atoms with Crippen LogP contribution < -0.4 is 5.32 Å². The number of carbonyl (C=O) groups excluding carboxylic acids is 1. The molecule has 0 saturated heterocycles. The molecule has 0 aliphatic heterocycles. The maximum absolute atomic E-state index is 11.8. The van der Waals surface area contributed by atoms with E-state index in [4.69, 9.17) is 4.74 Å². The highest BCUT2D eigenvalue weighted by atomic mass is 16.5. The van der Waals surface area contributed by atoms with Crippen molar-refractivity contribution in [3.8, 4) is 0 Å². The molecule has 0 aliphatic carbocycles. The highest BCUT2D eigenvalue weighted by molar-refractivity contribution is 5.77. The van der Waals surface area contributed by atoms with E-state index in [1.54, 1.807) is 6.92 Å². The van der Waals surface area contributed by atoms with E-state index in [1.165, 1.54) is 0 Å². The first-order valence-corrected chi connectivity index (χ1v) is 6.17. The Morgan fingerprint density at radius 1 is 1.39 bits per heavy atom. The Labute approximate surface area is 108 Å². The van der Waals surface area contributed by atoms with Gasteiger partial charge in [-0.25, -0.2) is 0 Å². The van der Waals surface area contributed by atoms with Crippen LogP contribution >= 0.6 is 0 Å². The van der Waals surface area contributed by atoms with Crippen LogP contribution in [0.5, 0.6) is 0 Å². The van der Waals surface area contributed by atoms with Crippen LogP contribution in [-0.4, -0.2) is 30.8 Å². The lowest BCUT2D eigenvalue weighted by molar-refractivity contribution is -0.124. The van der Waals surface area contributed by atoms with Gasteiger partial charge in [-0.05, 0) is 19.4 Å². The van der Waals surface area contributed by atoms with Crippen LogP contribution in [-0.2, 0) is 15.1 Å². The van der Waals surface area contributed by atoms with Crippen molar-refractivity contribution in [2.75, 3.05) is 19.8 Å². The molecular weight excluding hydrogens is 230 g/mol. The molecule has 0 bridgehead atoms. The normalized spacial score (nSPS) is 13.9. The zero-order valence-corrected chi connectivity index (χ0v) is 11.0. The van der Waals surface area contributed by atoms with E-state index < -0.39 is 5.54 Å². The second-order valence-electron chi connectivity index (χ2n) is 4.35.